The number of carbonyl (C=O) groups excluding carboxylic acids is 1. The van der Waals surface area contributed by atoms with Crippen molar-refractivity contribution in [3.63, 3.8) is 0 Å². The second-order valence-electron chi connectivity index (χ2n) is 2.45. The van der Waals surface area contributed by atoms with E-state index in [1.807, 2.05) is 0 Å². The standard InChI is InChI=1S/C7H11NO2/c9-5-8-6-1-3-7(10)4-2-6/h3,5-6,10H,1-2,4H2,(H,8,9). The van der Waals surface area contributed by atoms with E-state index in [4.69, 9.17) is 5.11 Å². The van der Waals surface area contributed by atoms with E-state index >= 15 is 0 Å². The Kier molecular flexibility index (Phi) is 2.31. The number of carbonyl (C=O) groups is 1. The lowest BCUT2D eigenvalue weighted by Crippen LogP contribution is -2.28. The second-order valence-corrected chi connectivity index (χ2v) is 2.45. The molecule has 3 nitrogen and oxygen atoms in total. The van der Waals surface area contributed by atoms with Gasteiger partial charge in [0, 0.05) is 12.5 Å². The average Bonchev–Trinajstić information content (AvgIpc) is 1.95. The number of aliphatic hydroxyl groups excluding tert-OH is 1. The fourth-order valence-corrected chi connectivity index (χ4v) is 1.07. The van der Waals surface area contributed by atoms with Gasteiger partial charge in [-0.2, -0.15) is 0 Å². The average molecular weight is 141 g/mol. The van der Waals surface area contributed by atoms with Crippen LogP contribution in [0.15, 0.2) is 11.8 Å². The van der Waals surface area contributed by atoms with Gasteiger partial charge in [-0.1, -0.05) is 0 Å². The molecule has 0 aromatic carbocycles. The molecule has 0 bridgehead atoms. The molecule has 0 aromatic rings. The highest BCUT2D eigenvalue weighted by molar-refractivity contribution is 5.46. The van der Waals surface area contributed by atoms with Crippen LogP contribution in [0.25, 0.3) is 0 Å². The Labute approximate surface area is 59.7 Å². The van der Waals surface area contributed by atoms with Crippen molar-refractivity contribution in [2.45, 2.75) is 25.3 Å². The van der Waals surface area contributed by atoms with Crippen molar-refractivity contribution in [1.29, 1.82) is 0 Å². The molecule has 1 atom stereocenters. The van der Waals surface area contributed by atoms with E-state index in [2.05, 4.69) is 5.32 Å². The summed E-state index contributed by atoms with van der Waals surface area (Å²) in [5.41, 5.74) is 0. The van der Waals surface area contributed by atoms with E-state index < -0.39 is 0 Å². The molecule has 1 amide bonds. The Bertz CT molecular complexity index is 154. The minimum Gasteiger partial charge on any atom is -0.513 e. The molecule has 1 aliphatic rings. The third-order valence-corrected chi connectivity index (χ3v) is 1.69. The number of rotatable bonds is 2. The SMILES string of the molecule is O=CNC1CC=C(O)CC1. The van der Waals surface area contributed by atoms with Crippen LogP contribution in [0.4, 0.5) is 0 Å². The molecule has 1 rings (SSSR count). The molecule has 2 N–H and O–H groups in total. The van der Waals surface area contributed by atoms with Crippen LogP contribution in [0.1, 0.15) is 19.3 Å². The van der Waals surface area contributed by atoms with Crippen LogP contribution in [0.2, 0.25) is 0 Å². The van der Waals surface area contributed by atoms with Crippen molar-refractivity contribution in [3.8, 4) is 0 Å². The predicted octanol–water partition coefficient (Wildman–Crippen LogP) is 0.727. The first-order valence-electron chi connectivity index (χ1n) is 3.40. The molecular weight excluding hydrogens is 130 g/mol. The van der Waals surface area contributed by atoms with Gasteiger partial charge in [0.25, 0.3) is 0 Å². The molecule has 0 radical (unpaired) electrons. The summed E-state index contributed by atoms with van der Waals surface area (Å²) in [7, 11) is 0. The van der Waals surface area contributed by atoms with Gasteiger partial charge in [0.05, 0.1) is 5.76 Å². The van der Waals surface area contributed by atoms with Crippen LogP contribution >= 0.6 is 0 Å². The molecule has 0 aliphatic heterocycles. The Morgan fingerprint density at radius 2 is 2.60 bits per heavy atom. The molecule has 3 heteroatoms. The van der Waals surface area contributed by atoms with E-state index in [0.29, 0.717) is 18.6 Å². The smallest absolute Gasteiger partial charge is 0.207 e. The molecule has 1 unspecified atom stereocenters. The van der Waals surface area contributed by atoms with Gasteiger partial charge < -0.3 is 10.4 Å². The van der Waals surface area contributed by atoms with Crippen LogP contribution in [-0.4, -0.2) is 17.6 Å². The summed E-state index contributed by atoms with van der Waals surface area (Å²) in [5.74, 6) is 0.448. The van der Waals surface area contributed by atoms with E-state index in [9.17, 15) is 4.79 Å². The molecule has 0 heterocycles. The van der Waals surface area contributed by atoms with Crippen LogP contribution in [0.5, 0.6) is 0 Å². The first kappa shape index (κ1) is 7.12. The zero-order valence-corrected chi connectivity index (χ0v) is 5.71. The maximum absolute atomic E-state index is 9.96. The summed E-state index contributed by atoms with van der Waals surface area (Å²) in [6.45, 7) is 0. The van der Waals surface area contributed by atoms with Crippen molar-refractivity contribution < 1.29 is 9.90 Å². The molecule has 10 heavy (non-hydrogen) atoms. The van der Waals surface area contributed by atoms with Gasteiger partial charge >= 0.3 is 0 Å². The highest BCUT2D eigenvalue weighted by Crippen LogP contribution is 2.14. The first-order valence-corrected chi connectivity index (χ1v) is 3.40. The van der Waals surface area contributed by atoms with Crippen molar-refractivity contribution in [2.24, 2.45) is 0 Å². The normalized spacial score (nSPS) is 25.2. The predicted molar refractivity (Wildman–Crippen MR) is 37.6 cm³/mol. The van der Waals surface area contributed by atoms with Crippen LogP contribution in [0.3, 0.4) is 0 Å². The molecule has 0 spiro atoms. The number of nitrogens with one attached hydrogen (secondary N) is 1. The number of allylic oxidation sites excluding steroid dienone is 1. The number of amides is 1. The Balaban J connectivity index is 2.34. The molecule has 0 fully saturated rings. The van der Waals surface area contributed by atoms with Crippen molar-refractivity contribution >= 4 is 6.41 Å². The third-order valence-electron chi connectivity index (χ3n) is 1.69. The Morgan fingerprint density at radius 3 is 3.10 bits per heavy atom. The van der Waals surface area contributed by atoms with Gasteiger partial charge in [0.2, 0.25) is 6.41 Å². The number of aliphatic hydroxyl groups is 1. The van der Waals surface area contributed by atoms with Gasteiger partial charge in [-0.3, -0.25) is 4.79 Å². The molecule has 0 saturated carbocycles. The minimum atomic E-state index is 0.230. The zero-order chi connectivity index (χ0) is 7.40. The third kappa shape index (κ3) is 1.76. The summed E-state index contributed by atoms with van der Waals surface area (Å²) in [6, 6.07) is 0.230. The summed E-state index contributed by atoms with van der Waals surface area (Å²) in [5, 5.41) is 11.6. The highest BCUT2D eigenvalue weighted by atomic mass is 16.3. The van der Waals surface area contributed by atoms with Crippen LogP contribution < -0.4 is 5.32 Å². The fourth-order valence-electron chi connectivity index (χ4n) is 1.07. The highest BCUT2D eigenvalue weighted by Gasteiger charge is 2.11. The van der Waals surface area contributed by atoms with E-state index in [-0.39, 0.29) is 6.04 Å². The number of hydrogen-bond donors (Lipinski definition) is 2. The second kappa shape index (κ2) is 3.25. The van der Waals surface area contributed by atoms with Gasteiger partial charge in [0.1, 0.15) is 0 Å². The molecular formula is C7H11NO2. The Morgan fingerprint density at radius 1 is 1.80 bits per heavy atom. The molecule has 56 valence electrons. The summed E-state index contributed by atoms with van der Waals surface area (Å²) in [6.07, 6.45) is 4.75. The molecule has 0 aromatic heterocycles. The van der Waals surface area contributed by atoms with Gasteiger partial charge in [-0.15, -0.1) is 0 Å². The largest absolute Gasteiger partial charge is 0.513 e. The quantitative estimate of drug-likeness (QED) is 0.557. The van der Waals surface area contributed by atoms with Crippen molar-refractivity contribution in [2.75, 3.05) is 0 Å². The molecule has 1 aliphatic carbocycles. The lowest BCUT2D eigenvalue weighted by Gasteiger charge is -2.17. The van der Waals surface area contributed by atoms with E-state index in [0.717, 1.165) is 12.8 Å². The summed E-state index contributed by atoms with van der Waals surface area (Å²) >= 11 is 0. The summed E-state index contributed by atoms with van der Waals surface area (Å²) in [4.78, 5) is 9.96. The zero-order valence-electron chi connectivity index (χ0n) is 5.71. The first-order chi connectivity index (χ1) is 4.83. The number of hydrogen-bond acceptors (Lipinski definition) is 2. The van der Waals surface area contributed by atoms with Crippen LogP contribution in [0, 0.1) is 0 Å². The van der Waals surface area contributed by atoms with Gasteiger partial charge in [-0.25, -0.2) is 0 Å². The van der Waals surface area contributed by atoms with Crippen LogP contribution in [-0.2, 0) is 4.79 Å². The Hall–Kier alpha value is -0.990. The molecule has 0 saturated heterocycles. The topological polar surface area (TPSA) is 49.3 Å². The van der Waals surface area contributed by atoms with Crippen molar-refractivity contribution in [3.05, 3.63) is 11.8 Å². The lowest BCUT2D eigenvalue weighted by atomic mass is 10.0. The minimum absolute atomic E-state index is 0.230. The van der Waals surface area contributed by atoms with Gasteiger partial charge in [-0.05, 0) is 18.9 Å². The summed E-state index contributed by atoms with van der Waals surface area (Å²) < 4.78 is 0. The van der Waals surface area contributed by atoms with Crippen molar-refractivity contribution in [1.82, 2.24) is 5.32 Å². The maximum Gasteiger partial charge on any atom is 0.207 e. The lowest BCUT2D eigenvalue weighted by molar-refractivity contribution is -0.110. The maximum atomic E-state index is 9.96. The van der Waals surface area contributed by atoms with E-state index in [1.165, 1.54) is 0 Å². The monoisotopic (exact) mass is 141 g/mol. The van der Waals surface area contributed by atoms with Gasteiger partial charge in [0.15, 0.2) is 0 Å². The van der Waals surface area contributed by atoms with E-state index in [1.54, 1.807) is 6.08 Å². The fraction of sp³-hybridized carbons (Fsp3) is 0.571.